The minimum Gasteiger partial charge on any atom is -0.411 e. The Labute approximate surface area is 120 Å². The molecule has 1 N–H and O–H groups in total. The maximum Gasteiger partial charge on any atom is 0.0540 e. The van der Waals surface area contributed by atoms with E-state index in [-0.39, 0.29) is 0 Å². The number of hydrogen-bond donors (Lipinski definition) is 1. The van der Waals surface area contributed by atoms with Crippen LogP contribution >= 0.6 is 0 Å². The average molecular weight is 269 g/mol. The highest BCUT2D eigenvalue weighted by Crippen LogP contribution is 2.12. The van der Waals surface area contributed by atoms with Crippen molar-refractivity contribution in [3.05, 3.63) is 0 Å². The second-order valence-corrected chi connectivity index (χ2v) is 5.83. The Hall–Kier alpha value is -0.530. The van der Waals surface area contributed by atoms with Gasteiger partial charge in [0.2, 0.25) is 0 Å². The molecule has 0 atom stereocenters. The zero-order chi connectivity index (χ0) is 14.2. The fourth-order valence-corrected chi connectivity index (χ4v) is 2.45. The van der Waals surface area contributed by atoms with Crippen LogP contribution in [0.1, 0.15) is 104 Å². The summed E-state index contributed by atoms with van der Waals surface area (Å²) in [5, 5.41) is 11.7. The van der Waals surface area contributed by atoms with Crippen LogP contribution in [-0.2, 0) is 0 Å². The van der Waals surface area contributed by atoms with Crippen LogP contribution in [0.3, 0.4) is 0 Å². The van der Waals surface area contributed by atoms with Crippen molar-refractivity contribution in [2.24, 2.45) is 5.16 Å². The summed E-state index contributed by atoms with van der Waals surface area (Å²) in [7, 11) is 0. The van der Waals surface area contributed by atoms with Crippen molar-refractivity contribution in [2.45, 2.75) is 104 Å². The highest BCUT2D eigenvalue weighted by atomic mass is 16.4. The lowest BCUT2D eigenvalue weighted by molar-refractivity contribution is 0.317. The predicted octanol–water partition coefficient (Wildman–Crippen LogP) is 6.32. The lowest BCUT2D eigenvalue weighted by Crippen LogP contribution is -1.90. The van der Waals surface area contributed by atoms with E-state index in [2.05, 4.69) is 12.1 Å². The second kappa shape index (κ2) is 15.5. The summed E-state index contributed by atoms with van der Waals surface area (Å²) in [6, 6.07) is 0. The molecule has 0 amide bonds. The predicted molar refractivity (Wildman–Crippen MR) is 85.2 cm³/mol. The monoisotopic (exact) mass is 269 g/mol. The Morgan fingerprint density at radius 3 is 1.42 bits per heavy atom. The van der Waals surface area contributed by atoms with Crippen LogP contribution in [0.25, 0.3) is 0 Å². The van der Waals surface area contributed by atoms with Crippen LogP contribution in [0.5, 0.6) is 0 Å². The quantitative estimate of drug-likeness (QED) is 0.170. The van der Waals surface area contributed by atoms with Gasteiger partial charge < -0.3 is 5.21 Å². The number of unbranched alkanes of at least 4 members (excludes halogenated alkanes) is 12. The molecule has 0 radical (unpaired) electrons. The van der Waals surface area contributed by atoms with E-state index in [0.29, 0.717) is 0 Å². The third kappa shape index (κ3) is 15.4. The number of oxime groups is 1. The van der Waals surface area contributed by atoms with Crippen molar-refractivity contribution in [1.82, 2.24) is 0 Å². The van der Waals surface area contributed by atoms with Gasteiger partial charge in [-0.3, -0.25) is 0 Å². The first-order valence-electron chi connectivity index (χ1n) is 8.48. The number of hydrogen-bond acceptors (Lipinski definition) is 2. The van der Waals surface area contributed by atoms with E-state index in [4.69, 9.17) is 5.21 Å². The number of nitrogens with zero attached hydrogens (tertiary/aromatic N) is 1. The molecular weight excluding hydrogens is 234 g/mol. The molecule has 0 aromatic rings. The lowest BCUT2D eigenvalue weighted by Gasteiger charge is -2.03. The third-order valence-electron chi connectivity index (χ3n) is 3.81. The Kier molecular flexibility index (Phi) is 15.1. The van der Waals surface area contributed by atoms with Gasteiger partial charge in [0.1, 0.15) is 0 Å². The molecule has 2 nitrogen and oxygen atoms in total. The highest BCUT2D eigenvalue weighted by molar-refractivity contribution is 5.81. The molecule has 0 aromatic carbocycles. The average Bonchev–Trinajstić information content (AvgIpc) is 2.43. The molecule has 0 saturated carbocycles. The standard InChI is InChI=1S/C17H35NO/c1-3-4-5-6-7-8-9-10-11-12-13-14-15-16-17(2)18-19/h19H,3-16H2,1-2H3. The van der Waals surface area contributed by atoms with Gasteiger partial charge in [-0.05, 0) is 19.8 Å². The first-order chi connectivity index (χ1) is 9.31. The van der Waals surface area contributed by atoms with Gasteiger partial charge in [-0.2, -0.15) is 0 Å². The van der Waals surface area contributed by atoms with Gasteiger partial charge in [-0.15, -0.1) is 0 Å². The molecule has 0 unspecified atom stereocenters. The van der Waals surface area contributed by atoms with Gasteiger partial charge in [0.15, 0.2) is 0 Å². The first-order valence-corrected chi connectivity index (χ1v) is 8.48. The van der Waals surface area contributed by atoms with Crippen molar-refractivity contribution in [3.8, 4) is 0 Å². The maximum absolute atomic E-state index is 8.51. The van der Waals surface area contributed by atoms with Crippen LogP contribution in [0.15, 0.2) is 5.16 Å². The molecule has 0 aliphatic heterocycles. The first kappa shape index (κ1) is 18.5. The molecule has 2 heteroatoms. The largest absolute Gasteiger partial charge is 0.411 e. The topological polar surface area (TPSA) is 32.6 Å². The molecule has 0 saturated heterocycles. The van der Waals surface area contributed by atoms with Crippen LogP contribution in [0.4, 0.5) is 0 Å². The molecule has 114 valence electrons. The Balaban J connectivity index is 2.99. The number of rotatable bonds is 14. The van der Waals surface area contributed by atoms with E-state index in [1.165, 1.54) is 83.5 Å². The smallest absolute Gasteiger partial charge is 0.0540 e. The third-order valence-corrected chi connectivity index (χ3v) is 3.81. The highest BCUT2D eigenvalue weighted by Gasteiger charge is 1.95. The molecule has 0 heterocycles. The molecular formula is C17H35NO. The molecule has 0 aromatic heterocycles. The van der Waals surface area contributed by atoms with E-state index in [0.717, 1.165) is 12.1 Å². The summed E-state index contributed by atoms with van der Waals surface area (Å²) < 4.78 is 0. The second-order valence-electron chi connectivity index (χ2n) is 5.83. The molecule has 0 rings (SSSR count). The fourth-order valence-electron chi connectivity index (χ4n) is 2.45. The van der Waals surface area contributed by atoms with E-state index in [1.807, 2.05) is 6.92 Å². The Bertz CT molecular complexity index is 201. The van der Waals surface area contributed by atoms with E-state index in [1.54, 1.807) is 0 Å². The van der Waals surface area contributed by atoms with Crippen molar-refractivity contribution in [1.29, 1.82) is 0 Å². The maximum atomic E-state index is 8.51. The summed E-state index contributed by atoms with van der Waals surface area (Å²) in [4.78, 5) is 0. The molecule has 0 bridgehead atoms. The van der Waals surface area contributed by atoms with Crippen LogP contribution < -0.4 is 0 Å². The minimum atomic E-state index is 0.864. The van der Waals surface area contributed by atoms with E-state index >= 15 is 0 Å². The van der Waals surface area contributed by atoms with E-state index in [9.17, 15) is 0 Å². The zero-order valence-electron chi connectivity index (χ0n) is 13.3. The molecule has 0 aliphatic rings. The Morgan fingerprint density at radius 2 is 1.05 bits per heavy atom. The van der Waals surface area contributed by atoms with E-state index < -0.39 is 0 Å². The molecule has 0 aliphatic carbocycles. The summed E-state index contributed by atoms with van der Waals surface area (Å²) in [6.07, 6.45) is 18.9. The molecule has 0 spiro atoms. The van der Waals surface area contributed by atoms with Crippen molar-refractivity contribution in [3.63, 3.8) is 0 Å². The summed E-state index contributed by atoms with van der Waals surface area (Å²) in [5.74, 6) is 0. The Morgan fingerprint density at radius 1 is 0.684 bits per heavy atom. The van der Waals surface area contributed by atoms with Gasteiger partial charge >= 0.3 is 0 Å². The van der Waals surface area contributed by atoms with Gasteiger partial charge in [-0.1, -0.05) is 89.1 Å². The van der Waals surface area contributed by atoms with Crippen LogP contribution in [-0.4, -0.2) is 10.9 Å². The van der Waals surface area contributed by atoms with Crippen molar-refractivity contribution >= 4 is 5.71 Å². The SMILES string of the molecule is CCCCCCCCCCCCCCCC(C)=NO. The molecule has 19 heavy (non-hydrogen) atoms. The summed E-state index contributed by atoms with van der Waals surface area (Å²) in [6.45, 7) is 4.17. The minimum absolute atomic E-state index is 0.864. The fraction of sp³-hybridized carbons (Fsp3) is 0.941. The van der Waals surface area contributed by atoms with Crippen LogP contribution in [0, 0.1) is 0 Å². The van der Waals surface area contributed by atoms with Crippen LogP contribution in [0.2, 0.25) is 0 Å². The van der Waals surface area contributed by atoms with Crippen molar-refractivity contribution < 1.29 is 5.21 Å². The van der Waals surface area contributed by atoms with Gasteiger partial charge in [-0.25, -0.2) is 0 Å². The van der Waals surface area contributed by atoms with Crippen molar-refractivity contribution in [2.75, 3.05) is 0 Å². The normalized spacial score (nSPS) is 12.0. The lowest BCUT2D eigenvalue weighted by atomic mass is 10.0. The summed E-state index contributed by atoms with van der Waals surface area (Å²) >= 11 is 0. The zero-order valence-corrected chi connectivity index (χ0v) is 13.3. The molecule has 0 fully saturated rings. The van der Waals surface area contributed by atoms with Gasteiger partial charge in [0, 0.05) is 0 Å². The summed E-state index contributed by atoms with van der Waals surface area (Å²) in [5.41, 5.74) is 0.864. The van der Waals surface area contributed by atoms with Gasteiger partial charge in [0.05, 0.1) is 5.71 Å². The van der Waals surface area contributed by atoms with Gasteiger partial charge in [0.25, 0.3) is 0 Å².